The van der Waals surface area contributed by atoms with Crippen molar-refractivity contribution in [2.75, 3.05) is 6.61 Å². The van der Waals surface area contributed by atoms with Crippen LogP contribution in [-0.2, 0) is 0 Å². The molecule has 1 atom stereocenters. The second-order valence-electron chi connectivity index (χ2n) is 5.00. The van der Waals surface area contributed by atoms with Gasteiger partial charge in [0.1, 0.15) is 6.61 Å². The smallest absolute Gasteiger partial charge is 0.235 e. The van der Waals surface area contributed by atoms with Gasteiger partial charge in [0.25, 0.3) is 0 Å². The molecule has 0 radical (unpaired) electrons. The van der Waals surface area contributed by atoms with Crippen LogP contribution in [0.25, 0.3) is 15.7 Å². The van der Waals surface area contributed by atoms with Crippen LogP contribution in [0.15, 0.2) is 41.8 Å². The predicted molar refractivity (Wildman–Crippen MR) is 87.3 cm³/mol. The van der Waals surface area contributed by atoms with E-state index >= 15 is 0 Å². The Hall–Kier alpha value is -2.45. The molecule has 6 nitrogen and oxygen atoms in total. The quantitative estimate of drug-likeness (QED) is 0.558. The Kier molecular flexibility index (Phi) is 2.85. The molecule has 1 aliphatic rings. The lowest BCUT2D eigenvalue weighted by molar-refractivity contribution is 0.0904. The molecular formula is C15H10N4O2S2. The summed E-state index contributed by atoms with van der Waals surface area (Å²) in [7, 11) is 0. The van der Waals surface area contributed by atoms with E-state index in [9.17, 15) is 0 Å². The second kappa shape index (κ2) is 5.04. The fourth-order valence-corrected chi connectivity index (χ4v) is 4.01. The lowest BCUT2D eigenvalue weighted by Crippen LogP contribution is -2.21. The van der Waals surface area contributed by atoms with Crippen LogP contribution in [0.2, 0.25) is 0 Å². The van der Waals surface area contributed by atoms with Crippen LogP contribution in [0.4, 0.5) is 0 Å². The highest BCUT2D eigenvalue weighted by molar-refractivity contribution is 7.16. The molecule has 4 aromatic rings. The Morgan fingerprint density at radius 3 is 2.87 bits per heavy atom. The highest BCUT2D eigenvalue weighted by Gasteiger charge is 2.27. The van der Waals surface area contributed by atoms with Crippen LogP contribution in [0.5, 0.6) is 11.5 Å². The predicted octanol–water partition coefficient (Wildman–Crippen LogP) is 3.43. The monoisotopic (exact) mass is 342 g/mol. The van der Waals surface area contributed by atoms with E-state index in [1.165, 1.54) is 11.3 Å². The summed E-state index contributed by atoms with van der Waals surface area (Å²) < 4.78 is 13.5. The minimum absolute atomic E-state index is 0.229. The highest BCUT2D eigenvalue weighted by Crippen LogP contribution is 2.37. The van der Waals surface area contributed by atoms with Crippen molar-refractivity contribution in [1.29, 1.82) is 0 Å². The van der Waals surface area contributed by atoms with Crippen molar-refractivity contribution in [3.63, 3.8) is 0 Å². The third-order valence-electron chi connectivity index (χ3n) is 3.53. The minimum atomic E-state index is -0.229. The molecule has 0 spiro atoms. The van der Waals surface area contributed by atoms with Gasteiger partial charge in [-0.05, 0) is 23.6 Å². The standard InChI is InChI=1S/C15H10N4O2S2/c1-2-5-10-9(4-1)20-8-11(21-10)14-18-19-13(12-6-3-7-22-12)16-17-15(19)23-14/h1-7,11H,8H2/t11-/m0/s1. The Balaban J connectivity index is 1.52. The molecule has 0 aliphatic carbocycles. The van der Waals surface area contributed by atoms with E-state index in [2.05, 4.69) is 15.3 Å². The molecule has 0 saturated carbocycles. The van der Waals surface area contributed by atoms with Crippen molar-refractivity contribution in [1.82, 2.24) is 19.8 Å². The summed E-state index contributed by atoms with van der Waals surface area (Å²) in [6, 6.07) is 11.7. The van der Waals surface area contributed by atoms with E-state index < -0.39 is 0 Å². The van der Waals surface area contributed by atoms with Crippen LogP contribution >= 0.6 is 22.7 Å². The molecule has 1 aliphatic heterocycles. The van der Waals surface area contributed by atoms with Gasteiger partial charge in [0.05, 0.1) is 4.88 Å². The average molecular weight is 342 g/mol. The summed E-state index contributed by atoms with van der Waals surface area (Å²) in [5, 5.41) is 15.9. The molecular weight excluding hydrogens is 332 g/mol. The van der Waals surface area contributed by atoms with E-state index in [0.29, 0.717) is 6.61 Å². The molecule has 3 aromatic heterocycles. The molecule has 0 bridgehead atoms. The highest BCUT2D eigenvalue weighted by atomic mass is 32.1. The third-order valence-corrected chi connectivity index (χ3v) is 5.39. The maximum atomic E-state index is 6.01. The van der Waals surface area contributed by atoms with Crippen molar-refractivity contribution < 1.29 is 9.47 Å². The molecule has 23 heavy (non-hydrogen) atoms. The molecule has 0 fully saturated rings. The van der Waals surface area contributed by atoms with Crippen molar-refractivity contribution in [2.45, 2.75) is 6.10 Å². The first-order chi connectivity index (χ1) is 11.4. The van der Waals surface area contributed by atoms with Gasteiger partial charge in [-0.15, -0.1) is 21.5 Å². The van der Waals surface area contributed by atoms with Crippen LogP contribution in [-0.4, -0.2) is 26.4 Å². The summed E-state index contributed by atoms with van der Waals surface area (Å²) >= 11 is 3.09. The second-order valence-corrected chi connectivity index (χ2v) is 6.94. The average Bonchev–Trinajstić information content (AvgIpc) is 3.30. The van der Waals surface area contributed by atoms with Crippen LogP contribution < -0.4 is 9.47 Å². The van der Waals surface area contributed by atoms with E-state index in [0.717, 1.165) is 32.2 Å². The molecule has 114 valence electrons. The molecule has 1 aromatic carbocycles. The van der Waals surface area contributed by atoms with Gasteiger partial charge in [-0.3, -0.25) is 0 Å². The number of hydrogen-bond acceptors (Lipinski definition) is 7. The summed E-state index contributed by atoms with van der Waals surface area (Å²) in [5.74, 6) is 2.27. The summed E-state index contributed by atoms with van der Waals surface area (Å²) in [5.41, 5.74) is 0. The van der Waals surface area contributed by atoms with E-state index in [4.69, 9.17) is 9.47 Å². The lowest BCUT2D eigenvalue weighted by Gasteiger charge is -2.24. The number of rotatable bonds is 2. The molecule has 0 unspecified atom stereocenters. The van der Waals surface area contributed by atoms with Crippen molar-refractivity contribution in [3.8, 4) is 22.2 Å². The summed E-state index contributed by atoms with van der Waals surface area (Å²) in [4.78, 5) is 1.80. The number of hydrogen-bond donors (Lipinski definition) is 0. The zero-order chi connectivity index (χ0) is 15.2. The van der Waals surface area contributed by atoms with Crippen LogP contribution in [0, 0.1) is 0 Å². The number of aromatic nitrogens is 4. The Morgan fingerprint density at radius 2 is 2.00 bits per heavy atom. The van der Waals surface area contributed by atoms with Gasteiger partial charge in [-0.1, -0.05) is 29.5 Å². The number of nitrogens with zero attached hydrogens (tertiary/aromatic N) is 4. The van der Waals surface area contributed by atoms with Gasteiger partial charge in [-0.25, -0.2) is 0 Å². The first-order valence-electron chi connectivity index (χ1n) is 7.03. The normalized spacial score (nSPS) is 16.8. The van der Waals surface area contributed by atoms with Crippen molar-refractivity contribution in [2.24, 2.45) is 0 Å². The number of benzene rings is 1. The van der Waals surface area contributed by atoms with Crippen molar-refractivity contribution >= 4 is 27.6 Å². The Bertz CT molecular complexity index is 977. The molecule has 0 N–H and O–H groups in total. The first-order valence-corrected chi connectivity index (χ1v) is 8.72. The molecule has 5 rings (SSSR count). The Labute approximate surface area is 138 Å². The third kappa shape index (κ3) is 2.10. The van der Waals surface area contributed by atoms with Crippen LogP contribution in [0.1, 0.15) is 11.1 Å². The van der Waals surface area contributed by atoms with Gasteiger partial charge in [0, 0.05) is 0 Å². The van der Waals surface area contributed by atoms with Gasteiger partial charge in [0.15, 0.2) is 28.4 Å². The SMILES string of the molecule is c1csc(-c2nnc3sc([C@@H]4COc5ccccc5O4)nn23)c1. The maximum Gasteiger partial charge on any atom is 0.235 e. The largest absolute Gasteiger partial charge is 0.485 e. The molecule has 4 heterocycles. The Morgan fingerprint density at radius 1 is 1.09 bits per heavy atom. The van der Waals surface area contributed by atoms with Gasteiger partial charge in [0.2, 0.25) is 4.96 Å². The number of ether oxygens (including phenoxy) is 2. The van der Waals surface area contributed by atoms with Crippen molar-refractivity contribution in [3.05, 3.63) is 46.8 Å². The number of fused-ring (bicyclic) bond motifs is 2. The van der Waals surface area contributed by atoms with E-state index in [1.807, 2.05) is 41.8 Å². The zero-order valence-corrected chi connectivity index (χ0v) is 13.4. The first kappa shape index (κ1) is 13.0. The molecule has 0 saturated heterocycles. The summed E-state index contributed by atoms with van der Waals surface area (Å²) in [6.45, 7) is 0.440. The summed E-state index contributed by atoms with van der Waals surface area (Å²) in [6.07, 6.45) is -0.229. The minimum Gasteiger partial charge on any atom is -0.485 e. The van der Waals surface area contributed by atoms with Gasteiger partial charge in [-0.2, -0.15) is 9.61 Å². The lowest BCUT2D eigenvalue weighted by atomic mass is 10.3. The molecule has 0 amide bonds. The van der Waals surface area contributed by atoms with Crippen LogP contribution in [0.3, 0.4) is 0 Å². The fourth-order valence-electron chi connectivity index (χ4n) is 2.46. The van der Waals surface area contributed by atoms with Gasteiger partial charge >= 0.3 is 0 Å². The number of thiophene rings is 1. The van der Waals surface area contributed by atoms with E-state index in [-0.39, 0.29) is 6.10 Å². The number of para-hydroxylation sites is 2. The van der Waals surface area contributed by atoms with Gasteiger partial charge < -0.3 is 9.47 Å². The molecule has 8 heteroatoms. The zero-order valence-electron chi connectivity index (χ0n) is 11.7. The maximum absolute atomic E-state index is 6.01. The topological polar surface area (TPSA) is 61.5 Å². The van der Waals surface area contributed by atoms with E-state index in [1.54, 1.807) is 15.9 Å². The fraction of sp³-hybridized carbons (Fsp3) is 0.133.